The fraction of sp³-hybridized carbons (Fsp3) is 0.174. The van der Waals surface area contributed by atoms with Gasteiger partial charge in [0.25, 0.3) is 11.8 Å². The van der Waals surface area contributed by atoms with Crippen molar-refractivity contribution in [2.45, 2.75) is 6.92 Å². The number of halogens is 1. The number of benzene rings is 2. The molecule has 0 bridgehead atoms. The molecule has 1 aliphatic rings. The van der Waals surface area contributed by atoms with Gasteiger partial charge in [-0.3, -0.25) is 19.8 Å². The second-order valence-corrected chi connectivity index (χ2v) is 7.76. The normalized spacial score (nSPS) is 14.9. The summed E-state index contributed by atoms with van der Waals surface area (Å²) in [5.41, 5.74) is 0.979. The lowest BCUT2D eigenvalue weighted by atomic mass is 10.1. The molecule has 0 aromatic heterocycles. The predicted octanol–water partition coefficient (Wildman–Crippen LogP) is 4.25. The maximum absolute atomic E-state index is 13.3. The highest BCUT2D eigenvalue weighted by Gasteiger charge is 2.34. The Hall–Kier alpha value is -3.17. The number of ether oxygens (including phenoxy) is 3. The Labute approximate surface area is 199 Å². The predicted molar refractivity (Wildman–Crippen MR) is 130 cm³/mol. The molecular weight excluding hydrogens is 496 g/mol. The Morgan fingerprint density at radius 2 is 2.00 bits per heavy atom. The number of thiocarbonyl (C=S) groups is 1. The third kappa shape index (κ3) is 5.00. The molecule has 1 saturated heterocycles. The van der Waals surface area contributed by atoms with Crippen molar-refractivity contribution in [2.24, 2.45) is 0 Å². The van der Waals surface area contributed by atoms with Crippen molar-refractivity contribution in [3.05, 3.63) is 64.7 Å². The molecule has 166 valence electrons. The van der Waals surface area contributed by atoms with Crippen molar-refractivity contribution in [2.75, 3.05) is 25.2 Å². The molecule has 0 aliphatic carbocycles. The van der Waals surface area contributed by atoms with E-state index in [1.54, 1.807) is 42.5 Å². The van der Waals surface area contributed by atoms with Gasteiger partial charge in [0.15, 0.2) is 16.6 Å². The minimum absolute atomic E-state index is 0.00210. The van der Waals surface area contributed by atoms with Gasteiger partial charge in [-0.1, -0.05) is 18.7 Å². The quantitative estimate of drug-likeness (QED) is 0.244. The third-order valence-electron chi connectivity index (χ3n) is 4.40. The second kappa shape index (κ2) is 10.4. The number of amides is 2. The number of hydrogen-bond donors (Lipinski definition) is 1. The lowest BCUT2D eigenvalue weighted by Gasteiger charge is -2.29. The summed E-state index contributed by atoms with van der Waals surface area (Å²) >= 11 is 8.71. The number of rotatable bonds is 8. The number of hydrogen-bond acceptors (Lipinski definition) is 6. The van der Waals surface area contributed by atoms with Gasteiger partial charge in [-0.2, -0.15) is 0 Å². The Morgan fingerprint density at radius 3 is 2.69 bits per heavy atom. The first-order chi connectivity index (χ1) is 15.4. The van der Waals surface area contributed by atoms with Crippen molar-refractivity contribution in [1.29, 1.82) is 0 Å². The molecule has 32 heavy (non-hydrogen) atoms. The van der Waals surface area contributed by atoms with E-state index in [-0.39, 0.29) is 10.7 Å². The highest BCUT2D eigenvalue weighted by atomic mass is 79.9. The molecule has 2 aromatic carbocycles. The molecule has 7 nitrogen and oxygen atoms in total. The van der Waals surface area contributed by atoms with Gasteiger partial charge >= 0.3 is 0 Å². The maximum atomic E-state index is 13.3. The number of carbonyl (C=O) groups excluding carboxylic acids is 2. The van der Waals surface area contributed by atoms with Gasteiger partial charge in [0.2, 0.25) is 0 Å². The fourth-order valence-corrected chi connectivity index (χ4v) is 3.90. The zero-order valence-corrected chi connectivity index (χ0v) is 19.9. The Kier molecular flexibility index (Phi) is 7.66. The Morgan fingerprint density at radius 1 is 1.22 bits per heavy atom. The average Bonchev–Trinajstić information content (AvgIpc) is 2.76. The number of anilines is 1. The molecule has 0 unspecified atom stereocenters. The molecule has 0 radical (unpaired) electrons. The largest absolute Gasteiger partial charge is 0.494 e. The number of nitrogens with one attached hydrogen (secondary N) is 1. The first kappa shape index (κ1) is 23.5. The smallest absolute Gasteiger partial charge is 0.270 e. The van der Waals surface area contributed by atoms with Crippen LogP contribution in [0, 0.1) is 0 Å². The average molecular weight is 517 g/mol. The van der Waals surface area contributed by atoms with Gasteiger partial charge in [0.1, 0.15) is 17.9 Å². The fourth-order valence-electron chi connectivity index (χ4n) is 3.04. The summed E-state index contributed by atoms with van der Waals surface area (Å²) in [6, 6.07) is 10.3. The molecular formula is C23H21BrN2O5S. The molecule has 1 heterocycles. The van der Waals surface area contributed by atoms with E-state index in [9.17, 15) is 9.59 Å². The van der Waals surface area contributed by atoms with Crippen LogP contribution < -0.4 is 24.4 Å². The lowest BCUT2D eigenvalue weighted by molar-refractivity contribution is -0.122. The number of methoxy groups -OCH3 is 1. The van der Waals surface area contributed by atoms with E-state index < -0.39 is 11.8 Å². The van der Waals surface area contributed by atoms with E-state index in [4.69, 9.17) is 26.4 Å². The van der Waals surface area contributed by atoms with Gasteiger partial charge in [0, 0.05) is 6.07 Å². The Balaban J connectivity index is 2.00. The monoisotopic (exact) mass is 516 g/mol. The van der Waals surface area contributed by atoms with E-state index in [1.165, 1.54) is 18.1 Å². The van der Waals surface area contributed by atoms with Gasteiger partial charge < -0.3 is 14.2 Å². The van der Waals surface area contributed by atoms with Crippen LogP contribution in [0.1, 0.15) is 12.5 Å². The molecule has 9 heteroatoms. The van der Waals surface area contributed by atoms with Gasteiger partial charge in [0.05, 0.1) is 23.9 Å². The van der Waals surface area contributed by atoms with Crippen LogP contribution >= 0.6 is 28.1 Å². The second-order valence-electron chi connectivity index (χ2n) is 6.52. The lowest BCUT2D eigenvalue weighted by Crippen LogP contribution is -2.54. The summed E-state index contributed by atoms with van der Waals surface area (Å²) in [4.78, 5) is 27.1. The van der Waals surface area contributed by atoms with Gasteiger partial charge in [-0.15, -0.1) is 0 Å². The highest BCUT2D eigenvalue weighted by molar-refractivity contribution is 9.10. The molecule has 1 fully saturated rings. The molecule has 0 atom stereocenters. The van der Waals surface area contributed by atoms with Crippen LogP contribution in [-0.2, 0) is 9.59 Å². The van der Waals surface area contributed by atoms with E-state index in [0.29, 0.717) is 46.2 Å². The summed E-state index contributed by atoms with van der Waals surface area (Å²) in [7, 11) is 1.50. The van der Waals surface area contributed by atoms with E-state index >= 15 is 0 Å². The summed E-state index contributed by atoms with van der Waals surface area (Å²) in [5.74, 6) is 0.388. The molecule has 0 saturated carbocycles. The standard InChI is InChI=1S/C23H21BrN2O5S/c1-4-9-31-20-18(24)11-14(12-19(20)29-3)10-17-21(27)25-23(32)26(22(17)28)15-7-6-8-16(13-15)30-5-2/h4,6-8,10-13H,1,5,9H2,2-3H3,(H,25,27,32)/b17-10-. The number of nitrogens with zero attached hydrogens (tertiary/aromatic N) is 1. The van der Waals surface area contributed by atoms with Gasteiger partial charge in [-0.05, 0) is 71.0 Å². The molecule has 2 aromatic rings. The summed E-state index contributed by atoms with van der Waals surface area (Å²) < 4.78 is 17.1. The summed E-state index contributed by atoms with van der Waals surface area (Å²) in [5, 5.41) is 2.57. The first-order valence-electron chi connectivity index (χ1n) is 9.65. The summed E-state index contributed by atoms with van der Waals surface area (Å²) in [6.07, 6.45) is 3.09. The summed E-state index contributed by atoms with van der Waals surface area (Å²) in [6.45, 7) is 6.27. The molecule has 3 rings (SSSR count). The highest BCUT2D eigenvalue weighted by Crippen LogP contribution is 2.37. The molecule has 1 aliphatic heterocycles. The molecule has 1 N–H and O–H groups in total. The van der Waals surface area contributed by atoms with E-state index in [1.807, 2.05) is 6.92 Å². The van der Waals surface area contributed by atoms with Crippen LogP contribution in [0.3, 0.4) is 0 Å². The van der Waals surface area contributed by atoms with E-state index in [0.717, 1.165) is 0 Å². The van der Waals surface area contributed by atoms with Crippen LogP contribution in [0.5, 0.6) is 17.2 Å². The topological polar surface area (TPSA) is 77.1 Å². The molecule has 0 spiro atoms. The SMILES string of the molecule is C=CCOc1c(Br)cc(/C=C2/C(=O)NC(=S)N(c3cccc(OCC)c3)C2=O)cc1OC. The first-order valence-corrected chi connectivity index (χ1v) is 10.8. The zero-order chi connectivity index (χ0) is 23.3. The molecule has 2 amide bonds. The van der Waals surface area contributed by atoms with Crippen molar-refractivity contribution in [1.82, 2.24) is 5.32 Å². The zero-order valence-electron chi connectivity index (χ0n) is 17.5. The maximum Gasteiger partial charge on any atom is 0.270 e. The van der Waals surface area contributed by atoms with Gasteiger partial charge in [-0.25, -0.2) is 0 Å². The van der Waals surface area contributed by atoms with Crippen molar-refractivity contribution in [3.63, 3.8) is 0 Å². The van der Waals surface area contributed by atoms with Crippen LogP contribution in [0.15, 0.2) is 59.1 Å². The van der Waals surface area contributed by atoms with Crippen LogP contribution in [0.2, 0.25) is 0 Å². The van der Waals surface area contributed by atoms with Crippen molar-refractivity contribution >= 4 is 56.8 Å². The van der Waals surface area contributed by atoms with Crippen LogP contribution in [0.4, 0.5) is 5.69 Å². The van der Waals surface area contributed by atoms with E-state index in [2.05, 4.69) is 27.8 Å². The third-order valence-corrected chi connectivity index (χ3v) is 5.27. The van der Waals surface area contributed by atoms with Crippen molar-refractivity contribution < 1.29 is 23.8 Å². The van der Waals surface area contributed by atoms with Crippen LogP contribution in [0.25, 0.3) is 6.08 Å². The Bertz CT molecular complexity index is 1120. The van der Waals surface area contributed by atoms with Crippen LogP contribution in [-0.4, -0.2) is 37.3 Å². The van der Waals surface area contributed by atoms with Crippen molar-refractivity contribution in [3.8, 4) is 17.2 Å². The minimum atomic E-state index is -0.584. The number of carbonyl (C=O) groups is 2. The minimum Gasteiger partial charge on any atom is -0.494 e.